The van der Waals surface area contributed by atoms with Crippen LogP contribution in [0.2, 0.25) is 0 Å². The number of rotatable bonds is 5. The fraction of sp³-hybridized carbons (Fsp3) is 0.364. The van der Waals surface area contributed by atoms with Crippen LogP contribution in [-0.4, -0.2) is 63.8 Å². The van der Waals surface area contributed by atoms with Gasteiger partial charge in [0.25, 0.3) is 0 Å². The van der Waals surface area contributed by atoms with Gasteiger partial charge < -0.3 is 9.84 Å². The van der Waals surface area contributed by atoms with Gasteiger partial charge in [0.15, 0.2) is 16.9 Å². The predicted molar refractivity (Wildman–Crippen MR) is 110 cm³/mol. The molecule has 6 rings (SSSR count). The summed E-state index contributed by atoms with van der Waals surface area (Å²) in [5.41, 5.74) is 2.86. The lowest BCUT2D eigenvalue weighted by molar-refractivity contribution is -1.30. The zero-order valence-electron chi connectivity index (χ0n) is 16.7. The van der Waals surface area contributed by atoms with Crippen molar-refractivity contribution in [1.82, 2.24) is 0 Å². The monoisotopic (exact) mass is 394 g/mol. The van der Waals surface area contributed by atoms with E-state index in [0.29, 0.717) is 11.3 Å². The number of para-hydroxylation sites is 1. The van der Waals surface area contributed by atoms with Gasteiger partial charge in [-0.25, -0.2) is 14.7 Å². The van der Waals surface area contributed by atoms with Crippen LogP contribution < -0.4 is 19.4 Å². The number of nitrogens with one attached hydrogen (secondary N) is 3. The van der Waals surface area contributed by atoms with Crippen molar-refractivity contribution < 1.29 is 24.5 Å². The van der Waals surface area contributed by atoms with Crippen molar-refractivity contribution in [3.63, 3.8) is 0 Å². The van der Waals surface area contributed by atoms with Crippen LogP contribution in [0.3, 0.4) is 0 Å². The normalized spacial score (nSPS) is 30.8. The third-order valence-corrected chi connectivity index (χ3v) is 6.42. The molecule has 0 saturated carbocycles. The molecule has 4 fully saturated rings. The average Bonchev–Trinajstić information content (AvgIpc) is 2.72. The van der Waals surface area contributed by atoms with Gasteiger partial charge in [0.2, 0.25) is 20.0 Å². The molecule has 4 bridgehead atoms. The Balaban J connectivity index is 1.52. The van der Waals surface area contributed by atoms with E-state index >= 15 is 0 Å². The standard InChI is InChI=1S/C22H25N5O2/c1-29-19-9-5-8-18(20(19)28)10-23-24-21(17-6-3-2-4-7-17)22-11-25-14-26(12-22)16-27(13-22)15-25/h2-10,28H,11-16H2,1H3/p+3/b23-10+,24-21+. The molecule has 0 radical (unpaired) electrons. The number of benzene rings is 2. The molecule has 0 aliphatic carbocycles. The third-order valence-electron chi connectivity index (χ3n) is 6.42. The van der Waals surface area contributed by atoms with Crippen molar-refractivity contribution in [2.24, 2.45) is 15.6 Å². The van der Waals surface area contributed by atoms with Crippen LogP contribution in [0.4, 0.5) is 0 Å². The maximum atomic E-state index is 10.3. The second-order valence-corrected chi connectivity index (χ2v) is 8.55. The Labute approximate surface area is 170 Å². The Morgan fingerprint density at radius 2 is 1.62 bits per heavy atom. The van der Waals surface area contributed by atoms with Crippen molar-refractivity contribution in [3.05, 3.63) is 59.7 Å². The number of phenols is 1. The number of hydrogen-bond acceptors (Lipinski definition) is 4. The van der Waals surface area contributed by atoms with Gasteiger partial charge in [-0.3, -0.25) is 0 Å². The fourth-order valence-corrected chi connectivity index (χ4v) is 5.52. The van der Waals surface area contributed by atoms with Gasteiger partial charge >= 0.3 is 0 Å². The van der Waals surface area contributed by atoms with Crippen LogP contribution in [-0.2, 0) is 0 Å². The molecule has 0 spiro atoms. The number of ether oxygens (including phenoxy) is 1. The summed E-state index contributed by atoms with van der Waals surface area (Å²) in [6, 6.07) is 15.8. The third kappa shape index (κ3) is 3.31. The predicted octanol–water partition coefficient (Wildman–Crippen LogP) is -2.22. The molecular weight excluding hydrogens is 366 g/mol. The van der Waals surface area contributed by atoms with E-state index in [2.05, 4.69) is 29.4 Å². The molecule has 4 N–H and O–H groups in total. The number of aromatic hydroxyl groups is 1. The number of quaternary nitrogens is 3. The number of phenolic OH excluding ortho intramolecular Hbond substituents is 1. The van der Waals surface area contributed by atoms with Crippen LogP contribution in [0.1, 0.15) is 11.1 Å². The van der Waals surface area contributed by atoms with Crippen molar-refractivity contribution in [2.75, 3.05) is 46.8 Å². The van der Waals surface area contributed by atoms with Crippen molar-refractivity contribution >= 4 is 11.9 Å². The first kappa shape index (κ1) is 18.3. The van der Waals surface area contributed by atoms with E-state index in [1.54, 1.807) is 34.1 Å². The van der Waals surface area contributed by atoms with Gasteiger partial charge in [0.1, 0.15) is 19.6 Å². The Bertz CT molecular complexity index is 922. The van der Waals surface area contributed by atoms with Crippen molar-refractivity contribution in [1.29, 1.82) is 0 Å². The Morgan fingerprint density at radius 3 is 2.24 bits per heavy atom. The molecule has 4 aliphatic heterocycles. The Kier molecular flexibility index (Phi) is 4.58. The Hall–Kier alpha value is -2.74. The van der Waals surface area contributed by atoms with Gasteiger partial charge in [0, 0.05) is 5.56 Å². The van der Waals surface area contributed by atoms with Crippen LogP contribution in [0.15, 0.2) is 58.7 Å². The van der Waals surface area contributed by atoms with Gasteiger partial charge in [-0.05, 0) is 17.7 Å². The van der Waals surface area contributed by atoms with Crippen molar-refractivity contribution in [2.45, 2.75) is 0 Å². The second-order valence-electron chi connectivity index (χ2n) is 8.55. The molecular formula is C22H28N5O2+3. The minimum atomic E-state index is 0.0455. The minimum absolute atomic E-state index is 0.0455. The summed E-state index contributed by atoms with van der Waals surface area (Å²) in [6.07, 6.45) is 1.62. The molecule has 150 valence electrons. The number of hydrogen-bond donors (Lipinski definition) is 4. The van der Waals surface area contributed by atoms with Gasteiger partial charge in [-0.15, -0.1) is 0 Å². The fourth-order valence-electron chi connectivity index (χ4n) is 5.52. The van der Waals surface area contributed by atoms with E-state index in [9.17, 15) is 5.11 Å². The lowest BCUT2D eigenvalue weighted by Gasteiger charge is -2.52. The zero-order valence-corrected chi connectivity index (χ0v) is 16.7. The van der Waals surface area contributed by atoms with Crippen molar-refractivity contribution in [3.8, 4) is 11.5 Å². The molecule has 4 heterocycles. The largest absolute Gasteiger partial charge is 0.504 e. The van der Waals surface area contributed by atoms with Crippen LogP contribution >= 0.6 is 0 Å². The smallest absolute Gasteiger partial charge is 0.213 e. The summed E-state index contributed by atoms with van der Waals surface area (Å²) in [5.74, 6) is 0.526. The van der Waals surface area contributed by atoms with E-state index in [-0.39, 0.29) is 11.2 Å². The van der Waals surface area contributed by atoms with Gasteiger partial charge in [-0.2, -0.15) is 10.2 Å². The average molecular weight is 394 g/mol. The highest BCUT2D eigenvalue weighted by molar-refractivity contribution is 6.05. The number of nitrogens with zero attached hydrogens (tertiary/aromatic N) is 2. The number of methoxy groups -OCH3 is 1. The van der Waals surface area contributed by atoms with E-state index in [1.807, 2.05) is 18.2 Å². The quantitative estimate of drug-likeness (QED) is 0.343. The van der Waals surface area contributed by atoms with Gasteiger partial charge in [-0.1, -0.05) is 36.4 Å². The highest BCUT2D eigenvalue weighted by atomic mass is 16.5. The SMILES string of the molecule is COc1cccc(/C=N/N=C(\c2ccccc2)C23C[NH+]4C[NH+](C[NH+](C4)C2)C3)c1O. The van der Waals surface area contributed by atoms with E-state index < -0.39 is 0 Å². The highest BCUT2D eigenvalue weighted by Gasteiger charge is 2.60. The summed E-state index contributed by atoms with van der Waals surface area (Å²) in [7, 11) is 1.54. The molecule has 2 aromatic carbocycles. The molecule has 4 aliphatic rings. The summed E-state index contributed by atoms with van der Waals surface area (Å²) in [6.45, 7) is 7.01. The first-order valence-corrected chi connectivity index (χ1v) is 10.2. The molecule has 0 aromatic heterocycles. The topological polar surface area (TPSA) is 67.5 Å². The summed E-state index contributed by atoms with van der Waals surface area (Å²) in [5, 5.41) is 19.5. The van der Waals surface area contributed by atoms with Crippen LogP contribution in [0, 0.1) is 5.41 Å². The zero-order chi connectivity index (χ0) is 19.8. The summed E-state index contributed by atoms with van der Waals surface area (Å²) in [4.78, 5) is 4.99. The summed E-state index contributed by atoms with van der Waals surface area (Å²) < 4.78 is 5.19. The highest BCUT2D eigenvalue weighted by Crippen LogP contribution is 2.28. The first-order chi connectivity index (χ1) is 14.2. The lowest BCUT2D eigenvalue weighted by Crippen LogP contribution is -3.56. The molecule has 0 amide bonds. The molecule has 0 atom stereocenters. The molecule has 29 heavy (non-hydrogen) atoms. The molecule has 7 heteroatoms. The molecule has 4 saturated heterocycles. The lowest BCUT2D eigenvalue weighted by atomic mass is 9.74. The minimum Gasteiger partial charge on any atom is -0.504 e. The molecule has 7 nitrogen and oxygen atoms in total. The maximum absolute atomic E-state index is 10.3. The van der Waals surface area contributed by atoms with Crippen LogP contribution in [0.25, 0.3) is 0 Å². The van der Waals surface area contributed by atoms with Crippen LogP contribution in [0.5, 0.6) is 11.5 Å². The maximum Gasteiger partial charge on any atom is 0.213 e. The summed E-state index contributed by atoms with van der Waals surface area (Å²) >= 11 is 0. The van der Waals surface area contributed by atoms with E-state index in [1.165, 1.54) is 20.0 Å². The molecule has 2 aromatic rings. The first-order valence-electron chi connectivity index (χ1n) is 10.2. The second kappa shape index (κ2) is 7.26. The van der Waals surface area contributed by atoms with E-state index in [4.69, 9.17) is 9.84 Å². The van der Waals surface area contributed by atoms with Gasteiger partial charge in [0.05, 0.1) is 19.0 Å². The Morgan fingerprint density at radius 1 is 0.966 bits per heavy atom. The van der Waals surface area contributed by atoms with E-state index in [0.717, 1.165) is 30.9 Å². The molecule has 0 unspecified atom stereocenters.